The molecule has 0 radical (unpaired) electrons. The third kappa shape index (κ3) is 4.59. The second-order valence-electron chi connectivity index (χ2n) is 13.1. The van der Waals surface area contributed by atoms with Crippen molar-refractivity contribution in [1.29, 1.82) is 0 Å². The maximum absolute atomic E-state index is 15.4. The fourth-order valence-corrected chi connectivity index (χ4v) is 6.78. The zero-order valence-electron chi connectivity index (χ0n) is 24.3. The minimum absolute atomic E-state index is 0.0526. The lowest BCUT2D eigenvalue weighted by molar-refractivity contribution is -0.142. The molecule has 0 bridgehead atoms. The molecule has 2 fully saturated rings. The summed E-state index contributed by atoms with van der Waals surface area (Å²) in [5.41, 5.74) is 2.18. The maximum Gasteiger partial charge on any atom is 0.410 e. The predicted octanol–water partition coefficient (Wildman–Crippen LogP) is 3.87. The van der Waals surface area contributed by atoms with Gasteiger partial charge >= 0.3 is 12.1 Å². The second-order valence-corrected chi connectivity index (χ2v) is 13.1. The van der Waals surface area contributed by atoms with Gasteiger partial charge in [-0.3, -0.25) is 4.79 Å². The van der Waals surface area contributed by atoms with E-state index in [0.29, 0.717) is 36.3 Å². The van der Waals surface area contributed by atoms with E-state index in [4.69, 9.17) is 4.74 Å². The van der Waals surface area contributed by atoms with E-state index in [1.807, 2.05) is 37.5 Å². The van der Waals surface area contributed by atoms with Gasteiger partial charge in [-0.15, -0.1) is 0 Å². The van der Waals surface area contributed by atoms with Gasteiger partial charge in [0.25, 0.3) is 5.91 Å². The highest BCUT2D eigenvalue weighted by Gasteiger charge is 2.54. The summed E-state index contributed by atoms with van der Waals surface area (Å²) in [7, 11) is 0. The van der Waals surface area contributed by atoms with Crippen LogP contribution in [0.3, 0.4) is 0 Å². The number of rotatable bonds is 5. The number of carboxylic acids is 1. The third-order valence-electron chi connectivity index (χ3n) is 8.77. The van der Waals surface area contributed by atoms with Crippen molar-refractivity contribution in [2.75, 3.05) is 31.1 Å². The van der Waals surface area contributed by atoms with Crippen molar-refractivity contribution in [3.63, 3.8) is 0 Å². The Morgan fingerprint density at radius 3 is 2.53 bits per heavy atom. The van der Waals surface area contributed by atoms with Gasteiger partial charge in [-0.1, -0.05) is 0 Å². The van der Waals surface area contributed by atoms with Crippen molar-refractivity contribution in [3.05, 3.63) is 65.1 Å². The van der Waals surface area contributed by atoms with Crippen LogP contribution in [-0.4, -0.2) is 79.2 Å². The van der Waals surface area contributed by atoms with Gasteiger partial charge in [0.1, 0.15) is 17.2 Å². The molecule has 2 saturated heterocycles. The molecule has 6 heterocycles. The smallest absolute Gasteiger partial charge is 0.410 e. The van der Waals surface area contributed by atoms with Crippen LogP contribution in [-0.2, 0) is 29.0 Å². The number of carbonyl (C=O) groups is 3. The van der Waals surface area contributed by atoms with E-state index in [0.717, 1.165) is 37.6 Å². The summed E-state index contributed by atoms with van der Waals surface area (Å²) in [5, 5.41) is 10.1. The van der Waals surface area contributed by atoms with Crippen LogP contribution in [0.25, 0.3) is 11.1 Å². The molecule has 0 saturated carbocycles. The first kappa shape index (κ1) is 27.4. The summed E-state index contributed by atoms with van der Waals surface area (Å²) in [4.78, 5) is 52.1. The van der Waals surface area contributed by atoms with Crippen LogP contribution in [0.4, 0.5) is 15.0 Å². The number of aromatic nitrogens is 3. The minimum atomic E-state index is -1.29. The second kappa shape index (κ2) is 9.51. The van der Waals surface area contributed by atoms with Crippen LogP contribution in [0.1, 0.15) is 60.5 Å². The Kier molecular flexibility index (Phi) is 6.05. The van der Waals surface area contributed by atoms with Gasteiger partial charge in [0.2, 0.25) is 0 Å². The minimum Gasteiger partial charge on any atom is -0.479 e. The summed E-state index contributed by atoms with van der Waals surface area (Å²) in [6.07, 6.45) is 4.56. The zero-order valence-corrected chi connectivity index (χ0v) is 24.3. The number of hydrogen-bond acceptors (Lipinski definition) is 7. The van der Waals surface area contributed by atoms with E-state index in [-0.39, 0.29) is 29.2 Å². The van der Waals surface area contributed by atoms with E-state index in [2.05, 4.69) is 14.9 Å². The van der Waals surface area contributed by atoms with E-state index in [1.165, 1.54) is 11.0 Å². The van der Waals surface area contributed by atoms with Gasteiger partial charge < -0.3 is 29.1 Å². The van der Waals surface area contributed by atoms with Crippen LogP contribution in [0, 0.1) is 11.2 Å². The number of aryl methyl sites for hydroxylation is 1. The largest absolute Gasteiger partial charge is 0.479 e. The van der Waals surface area contributed by atoms with Crippen molar-refractivity contribution >= 4 is 23.8 Å². The number of halogens is 1. The van der Waals surface area contributed by atoms with E-state index in [1.54, 1.807) is 23.5 Å². The number of benzene rings is 1. The number of anilines is 1. The Morgan fingerprint density at radius 1 is 1.09 bits per heavy atom. The fraction of sp³-hybridized carbons (Fsp3) is 0.452. The van der Waals surface area contributed by atoms with Crippen molar-refractivity contribution in [2.24, 2.45) is 5.41 Å². The molecule has 0 aliphatic carbocycles. The normalized spacial score (nSPS) is 19.2. The lowest BCUT2D eigenvalue weighted by atomic mass is 9.73. The van der Waals surface area contributed by atoms with Gasteiger partial charge in [-0.25, -0.2) is 23.9 Å². The number of pyridine rings is 1. The number of fused-ring (bicyclic) bond motifs is 2. The molecule has 1 unspecified atom stereocenters. The number of ether oxygens (including phenoxy) is 1. The van der Waals surface area contributed by atoms with Gasteiger partial charge in [0.05, 0.1) is 18.6 Å². The number of nitrogens with zero attached hydrogens (tertiary/aromatic N) is 6. The van der Waals surface area contributed by atoms with Crippen LogP contribution < -0.4 is 4.90 Å². The summed E-state index contributed by atoms with van der Waals surface area (Å²) in [6.45, 7) is 9.06. The molecule has 4 aliphatic heterocycles. The summed E-state index contributed by atoms with van der Waals surface area (Å²) >= 11 is 0. The quantitative estimate of drug-likeness (QED) is 0.477. The van der Waals surface area contributed by atoms with E-state index < -0.39 is 29.3 Å². The molecule has 11 nitrogen and oxygen atoms in total. The van der Waals surface area contributed by atoms with E-state index in [9.17, 15) is 19.5 Å². The molecule has 12 heteroatoms. The number of amides is 2. The Bertz CT molecular complexity index is 1650. The Balaban J connectivity index is 1.04. The molecule has 4 aliphatic rings. The van der Waals surface area contributed by atoms with E-state index >= 15 is 4.39 Å². The molecule has 1 atom stereocenters. The molecular formula is C31H33FN6O5. The lowest BCUT2D eigenvalue weighted by Crippen LogP contribution is -2.73. The zero-order chi connectivity index (χ0) is 30.3. The summed E-state index contributed by atoms with van der Waals surface area (Å²) < 4.78 is 22.8. The van der Waals surface area contributed by atoms with Gasteiger partial charge in [-0.2, -0.15) is 0 Å². The molecule has 1 aromatic carbocycles. The summed E-state index contributed by atoms with van der Waals surface area (Å²) in [5.74, 6) is -1.50. The van der Waals surface area contributed by atoms with Crippen LogP contribution >= 0.6 is 0 Å². The number of imidazole rings is 1. The third-order valence-corrected chi connectivity index (χ3v) is 8.77. The average molecular weight is 589 g/mol. The van der Waals surface area contributed by atoms with Crippen molar-refractivity contribution in [2.45, 2.75) is 58.3 Å². The highest BCUT2D eigenvalue weighted by Crippen LogP contribution is 2.42. The SMILES string of the molecule is CC(C)(C)OC(=O)N1CC2(C1)CN(c1ccc(-c3cc(F)c4c(c3)C(=O)N(C(C(=O)O)c3ncn5c3CCC5)C4)cn1)C2. The van der Waals surface area contributed by atoms with Gasteiger partial charge in [-0.05, 0) is 63.4 Å². The molecule has 2 amide bonds. The van der Waals surface area contributed by atoms with Crippen molar-refractivity contribution in [3.8, 4) is 11.1 Å². The highest BCUT2D eigenvalue weighted by atomic mass is 19.1. The molecular weight excluding hydrogens is 555 g/mol. The van der Waals surface area contributed by atoms with Gasteiger partial charge in [0.15, 0.2) is 6.04 Å². The average Bonchev–Trinajstić information content (AvgIpc) is 3.59. The molecule has 224 valence electrons. The first-order valence-corrected chi connectivity index (χ1v) is 14.5. The standard InChI is InChI=1S/C31H33FN6O5/c1-30(2,3)43-29(42)37-15-31(16-37)13-36(14-31)24-7-6-18(11-33-24)19-9-20-21(22(32)10-19)12-38(27(20)39)26(28(40)41)25-23-5-4-8-35(23)17-34-25/h6-7,9-11,17,26H,4-5,8,12-16H2,1-3H3,(H,40,41). The number of likely N-dealkylation sites (tertiary alicyclic amines) is 1. The van der Waals surface area contributed by atoms with Crippen LogP contribution in [0.5, 0.6) is 0 Å². The Labute approximate surface area is 247 Å². The van der Waals surface area contributed by atoms with Crippen LogP contribution in [0.15, 0.2) is 36.8 Å². The molecule has 7 rings (SSSR count). The number of aliphatic carboxylic acids is 1. The topological polar surface area (TPSA) is 121 Å². The lowest BCUT2D eigenvalue weighted by Gasteiger charge is -2.60. The highest BCUT2D eigenvalue weighted by molar-refractivity contribution is 6.01. The van der Waals surface area contributed by atoms with Crippen molar-refractivity contribution < 1.29 is 28.6 Å². The number of carboxylic acid groups (broad SMARTS) is 1. The number of hydrogen-bond donors (Lipinski definition) is 1. The Morgan fingerprint density at radius 2 is 1.86 bits per heavy atom. The predicted molar refractivity (Wildman–Crippen MR) is 153 cm³/mol. The van der Waals surface area contributed by atoms with Gasteiger partial charge in [0, 0.05) is 66.7 Å². The molecule has 3 aromatic rings. The monoisotopic (exact) mass is 588 g/mol. The summed E-state index contributed by atoms with van der Waals surface area (Å²) in [6, 6.07) is 5.41. The first-order chi connectivity index (χ1) is 20.4. The number of carbonyl (C=O) groups excluding carboxylic acids is 2. The molecule has 1 spiro atoms. The van der Waals surface area contributed by atoms with Crippen LogP contribution in [0.2, 0.25) is 0 Å². The molecule has 43 heavy (non-hydrogen) atoms. The maximum atomic E-state index is 15.4. The van der Waals surface area contributed by atoms with Crippen molar-refractivity contribution in [1.82, 2.24) is 24.3 Å². The molecule has 2 aromatic heterocycles. The molecule has 1 N–H and O–H groups in total. The fourth-order valence-electron chi connectivity index (χ4n) is 6.78. The first-order valence-electron chi connectivity index (χ1n) is 14.5. The Hall–Kier alpha value is -4.48.